The van der Waals surface area contributed by atoms with Crippen LogP contribution in [0.3, 0.4) is 0 Å². The number of carbonyl (C=O) groups excluding carboxylic acids is 1. The number of halogens is 2. The summed E-state index contributed by atoms with van der Waals surface area (Å²) in [6, 6.07) is 3.28. The largest absolute Gasteiger partial charge is 0.495 e. The van der Waals surface area contributed by atoms with Gasteiger partial charge in [0.1, 0.15) is 17.1 Å². The first-order valence-electron chi connectivity index (χ1n) is 14.2. The number of piperazine rings is 1. The summed E-state index contributed by atoms with van der Waals surface area (Å²) in [5.74, 6) is 0.999. The van der Waals surface area contributed by atoms with Gasteiger partial charge in [-0.1, -0.05) is 29.8 Å². The lowest BCUT2D eigenvalue weighted by Gasteiger charge is -2.34. The van der Waals surface area contributed by atoms with E-state index in [0.29, 0.717) is 73.3 Å². The Balaban J connectivity index is 1.69. The fourth-order valence-corrected chi connectivity index (χ4v) is 5.69. The van der Waals surface area contributed by atoms with Gasteiger partial charge < -0.3 is 24.4 Å². The van der Waals surface area contributed by atoms with E-state index in [1.54, 1.807) is 27.8 Å². The number of pyridine rings is 1. The number of hydrogen-bond donors (Lipinski definition) is 1. The summed E-state index contributed by atoms with van der Waals surface area (Å²) >= 11 is 13.4. The quantitative estimate of drug-likeness (QED) is 0.217. The molecule has 1 amide bonds. The van der Waals surface area contributed by atoms with Gasteiger partial charge in [-0.25, -0.2) is 4.98 Å². The molecule has 13 heteroatoms. The van der Waals surface area contributed by atoms with Crippen molar-refractivity contribution in [3.8, 4) is 22.6 Å². The molecule has 0 atom stereocenters. The average molecular weight is 634 g/mol. The maximum absolute atomic E-state index is 14.2. The van der Waals surface area contributed by atoms with E-state index < -0.39 is 0 Å². The van der Waals surface area contributed by atoms with Crippen LogP contribution in [-0.2, 0) is 16.1 Å². The molecule has 3 heterocycles. The molecule has 4 rings (SSSR count). The summed E-state index contributed by atoms with van der Waals surface area (Å²) in [5, 5.41) is 4.22. The Morgan fingerprint density at radius 2 is 1.77 bits per heavy atom. The van der Waals surface area contributed by atoms with Crippen LogP contribution in [0.15, 0.2) is 35.8 Å². The first-order chi connectivity index (χ1) is 20.7. The normalized spacial score (nSPS) is 13.9. The van der Waals surface area contributed by atoms with E-state index in [4.69, 9.17) is 42.4 Å². The Morgan fingerprint density at radius 3 is 2.37 bits per heavy atom. The molecular formula is C30H38Cl2N6O5. The molecule has 0 saturated carbocycles. The number of rotatable bonds is 13. The fraction of sp³-hybridized carbons (Fsp3) is 0.467. The van der Waals surface area contributed by atoms with E-state index in [0.717, 1.165) is 19.6 Å². The SMILES string of the molecule is C=CC(=O)N1CCN(CCCn2c(=O)c(-c3c(Cl)c(OC)cc(OC)c3Cl)cc3cnc(NCCOC(C)C)nc32)CC1. The van der Waals surface area contributed by atoms with Crippen molar-refractivity contribution < 1.29 is 19.0 Å². The first-order valence-corrected chi connectivity index (χ1v) is 14.9. The van der Waals surface area contributed by atoms with Crippen LogP contribution in [0.5, 0.6) is 11.5 Å². The molecule has 0 spiro atoms. The number of amides is 1. The van der Waals surface area contributed by atoms with Gasteiger partial charge in [-0.15, -0.1) is 0 Å². The average Bonchev–Trinajstić information content (AvgIpc) is 3.01. The van der Waals surface area contributed by atoms with Gasteiger partial charge >= 0.3 is 0 Å². The number of ether oxygens (including phenoxy) is 3. The van der Waals surface area contributed by atoms with Crippen molar-refractivity contribution in [3.05, 3.63) is 51.4 Å². The smallest absolute Gasteiger partial charge is 0.260 e. The Hall–Kier alpha value is -3.38. The van der Waals surface area contributed by atoms with Crippen LogP contribution < -0.4 is 20.3 Å². The highest BCUT2D eigenvalue weighted by molar-refractivity contribution is 6.41. The number of fused-ring (bicyclic) bond motifs is 1. The lowest BCUT2D eigenvalue weighted by molar-refractivity contribution is -0.127. The molecule has 43 heavy (non-hydrogen) atoms. The van der Waals surface area contributed by atoms with Gasteiger partial charge in [0.25, 0.3) is 5.56 Å². The minimum absolute atomic E-state index is 0.0548. The van der Waals surface area contributed by atoms with Crippen LogP contribution in [0, 0.1) is 0 Å². The topological polar surface area (TPSA) is 111 Å². The minimum Gasteiger partial charge on any atom is -0.495 e. The number of aryl methyl sites for hydroxylation is 1. The van der Waals surface area contributed by atoms with Crippen molar-refractivity contribution in [3.63, 3.8) is 0 Å². The molecule has 0 bridgehead atoms. The van der Waals surface area contributed by atoms with Crippen LogP contribution in [0.2, 0.25) is 10.0 Å². The Bertz CT molecular complexity index is 1490. The number of benzene rings is 1. The second-order valence-corrected chi connectivity index (χ2v) is 11.1. The molecule has 1 aromatic carbocycles. The van der Waals surface area contributed by atoms with Crippen molar-refractivity contribution >= 4 is 46.1 Å². The van der Waals surface area contributed by atoms with Crippen LogP contribution in [0.1, 0.15) is 20.3 Å². The fourth-order valence-electron chi connectivity index (χ4n) is 4.98. The van der Waals surface area contributed by atoms with E-state index in [1.807, 2.05) is 13.8 Å². The number of methoxy groups -OCH3 is 2. The summed E-state index contributed by atoms with van der Waals surface area (Å²) in [7, 11) is 2.97. The highest BCUT2D eigenvalue weighted by Gasteiger charge is 2.24. The Labute approximate surface area is 261 Å². The van der Waals surface area contributed by atoms with E-state index in [2.05, 4.69) is 21.8 Å². The number of hydrogen-bond acceptors (Lipinski definition) is 9. The van der Waals surface area contributed by atoms with Crippen LogP contribution in [0.25, 0.3) is 22.2 Å². The number of carbonyl (C=O) groups is 1. The van der Waals surface area contributed by atoms with E-state index in [1.165, 1.54) is 20.3 Å². The second kappa shape index (κ2) is 14.9. The van der Waals surface area contributed by atoms with Gasteiger partial charge in [-0.05, 0) is 39.0 Å². The monoisotopic (exact) mass is 632 g/mol. The molecule has 1 fully saturated rings. The summed E-state index contributed by atoms with van der Waals surface area (Å²) in [6.07, 6.45) is 3.80. The maximum atomic E-state index is 14.2. The second-order valence-electron chi connectivity index (χ2n) is 10.3. The molecule has 1 N–H and O–H groups in total. The zero-order valence-electron chi connectivity index (χ0n) is 25.0. The number of aromatic nitrogens is 3. The van der Waals surface area contributed by atoms with Gasteiger partial charge in [0, 0.05) is 62.5 Å². The highest BCUT2D eigenvalue weighted by atomic mass is 35.5. The highest BCUT2D eigenvalue weighted by Crippen LogP contribution is 2.45. The zero-order valence-corrected chi connectivity index (χ0v) is 26.5. The predicted molar refractivity (Wildman–Crippen MR) is 170 cm³/mol. The summed E-state index contributed by atoms with van der Waals surface area (Å²) in [4.78, 5) is 39.4. The molecule has 1 aliphatic rings. The van der Waals surface area contributed by atoms with E-state index in [-0.39, 0.29) is 33.2 Å². The number of nitrogens with one attached hydrogen (secondary N) is 1. The molecule has 0 radical (unpaired) electrons. The lowest BCUT2D eigenvalue weighted by atomic mass is 10.0. The van der Waals surface area contributed by atoms with Crippen LogP contribution in [0.4, 0.5) is 5.95 Å². The van der Waals surface area contributed by atoms with Gasteiger partial charge in [0.2, 0.25) is 11.9 Å². The maximum Gasteiger partial charge on any atom is 0.260 e. The zero-order chi connectivity index (χ0) is 31.1. The molecule has 232 valence electrons. The van der Waals surface area contributed by atoms with Crippen LogP contribution >= 0.6 is 23.2 Å². The van der Waals surface area contributed by atoms with Crippen molar-refractivity contribution in [2.75, 3.05) is 65.4 Å². The summed E-state index contributed by atoms with van der Waals surface area (Å²) in [5.41, 5.74) is 0.780. The summed E-state index contributed by atoms with van der Waals surface area (Å²) < 4.78 is 18.1. The van der Waals surface area contributed by atoms with Crippen LogP contribution in [-0.4, -0.2) is 96.4 Å². The third kappa shape index (κ3) is 7.59. The molecule has 1 aliphatic heterocycles. The predicted octanol–water partition coefficient (Wildman–Crippen LogP) is 4.34. The van der Waals surface area contributed by atoms with Crippen molar-refractivity contribution in [1.29, 1.82) is 0 Å². The third-order valence-electron chi connectivity index (χ3n) is 7.22. The van der Waals surface area contributed by atoms with Gasteiger partial charge in [0.05, 0.1) is 42.5 Å². The van der Waals surface area contributed by atoms with Gasteiger partial charge in [-0.3, -0.25) is 19.1 Å². The van der Waals surface area contributed by atoms with Crippen molar-refractivity contribution in [1.82, 2.24) is 24.3 Å². The third-order valence-corrected chi connectivity index (χ3v) is 7.97. The van der Waals surface area contributed by atoms with E-state index >= 15 is 0 Å². The standard InChI is InChI=1S/C30H38Cl2N6O5/c1-6-24(39)37-13-11-36(12-14-37)9-7-10-38-28-20(18-34-30(35-28)33-8-15-43-19(2)3)16-21(29(38)40)25-26(31)22(41-4)17-23(42-5)27(25)32/h6,16-19H,1,7-15H2,2-5H3,(H,33,34,35). The molecule has 1 saturated heterocycles. The van der Waals surface area contributed by atoms with Crippen molar-refractivity contribution in [2.45, 2.75) is 32.9 Å². The Kier molecular flexibility index (Phi) is 11.3. The Morgan fingerprint density at radius 1 is 1.09 bits per heavy atom. The molecule has 11 nitrogen and oxygen atoms in total. The lowest BCUT2D eigenvalue weighted by Crippen LogP contribution is -2.48. The van der Waals surface area contributed by atoms with Crippen molar-refractivity contribution in [2.24, 2.45) is 0 Å². The molecule has 2 aromatic heterocycles. The molecular weight excluding hydrogens is 595 g/mol. The van der Waals surface area contributed by atoms with Gasteiger partial charge in [0.15, 0.2) is 0 Å². The van der Waals surface area contributed by atoms with Gasteiger partial charge in [-0.2, -0.15) is 4.98 Å². The number of nitrogens with zero attached hydrogens (tertiary/aromatic N) is 5. The van der Waals surface area contributed by atoms with E-state index in [9.17, 15) is 9.59 Å². The number of anilines is 1. The first kappa shape index (κ1) is 32.5. The molecule has 0 aliphatic carbocycles. The summed E-state index contributed by atoms with van der Waals surface area (Å²) in [6.45, 7) is 12.4. The molecule has 0 unspecified atom stereocenters. The minimum atomic E-state index is -0.305. The molecule has 3 aromatic rings.